The van der Waals surface area contributed by atoms with E-state index in [1.54, 1.807) is 6.07 Å². The maximum absolute atomic E-state index is 6.07. The second-order valence-corrected chi connectivity index (χ2v) is 4.64. The number of hydrogen-bond acceptors (Lipinski definition) is 2. The fraction of sp³-hybridized carbons (Fsp3) is 0.455. The fourth-order valence-corrected chi connectivity index (χ4v) is 2.07. The molecule has 0 aliphatic carbocycles. The molecule has 0 radical (unpaired) electrons. The Labute approximate surface area is 100.0 Å². The summed E-state index contributed by atoms with van der Waals surface area (Å²) in [5.41, 5.74) is 1.15. The van der Waals surface area contributed by atoms with Crippen LogP contribution in [0.1, 0.15) is 5.56 Å². The number of nitrogens with one attached hydrogen (secondary N) is 2. The van der Waals surface area contributed by atoms with E-state index in [2.05, 4.69) is 10.6 Å². The van der Waals surface area contributed by atoms with E-state index in [1.807, 2.05) is 12.1 Å². The molecule has 2 rings (SSSR count). The summed E-state index contributed by atoms with van der Waals surface area (Å²) in [6, 6.07) is 6.30. The Morgan fingerprint density at radius 1 is 1.33 bits per heavy atom. The number of hydrogen-bond donors (Lipinski definition) is 2. The van der Waals surface area contributed by atoms with E-state index in [0.29, 0.717) is 11.1 Å². The van der Waals surface area contributed by atoms with E-state index in [0.717, 1.165) is 36.6 Å². The molecule has 1 fully saturated rings. The van der Waals surface area contributed by atoms with Gasteiger partial charge in [0.1, 0.15) is 0 Å². The zero-order valence-corrected chi connectivity index (χ0v) is 9.91. The van der Waals surface area contributed by atoms with Crippen LogP contribution in [0.15, 0.2) is 18.2 Å². The minimum Gasteiger partial charge on any atom is -0.314 e. The molecule has 1 saturated heterocycles. The van der Waals surface area contributed by atoms with Gasteiger partial charge < -0.3 is 10.6 Å². The largest absolute Gasteiger partial charge is 0.314 e. The van der Waals surface area contributed by atoms with Gasteiger partial charge in [0.25, 0.3) is 0 Å². The van der Waals surface area contributed by atoms with Crippen LogP contribution in [0.5, 0.6) is 0 Å². The maximum Gasteiger partial charge on any atom is 0.0453 e. The molecular formula is C11H14Cl2N2. The lowest BCUT2D eigenvalue weighted by atomic mass is 10.1. The van der Waals surface area contributed by atoms with Crippen LogP contribution in [-0.4, -0.2) is 25.7 Å². The van der Waals surface area contributed by atoms with Crippen molar-refractivity contribution < 1.29 is 0 Å². The zero-order chi connectivity index (χ0) is 10.7. The van der Waals surface area contributed by atoms with Crippen LogP contribution >= 0.6 is 23.2 Å². The summed E-state index contributed by atoms with van der Waals surface area (Å²) in [7, 11) is 0. The average molecular weight is 245 g/mol. The highest BCUT2D eigenvalue weighted by Crippen LogP contribution is 2.21. The van der Waals surface area contributed by atoms with Gasteiger partial charge in [0.15, 0.2) is 0 Å². The normalized spacial score (nSPS) is 16.4. The predicted octanol–water partition coefficient (Wildman–Crippen LogP) is 2.10. The van der Waals surface area contributed by atoms with Gasteiger partial charge in [0.05, 0.1) is 0 Å². The molecule has 1 aliphatic rings. The van der Waals surface area contributed by atoms with E-state index in [-0.39, 0.29) is 0 Å². The summed E-state index contributed by atoms with van der Waals surface area (Å²) in [6.07, 6.45) is 0.951. The second-order valence-electron chi connectivity index (χ2n) is 3.80. The molecule has 1 aromatic rings. The molecule has 0 atom stereocenters. The monoisotopic (exact) mass is 244 g/mol. The van der Waals surface area contributed by atoms with Crippen LogP contribution in [0.3, 0.4) is 0 Å². The molecule has 0 unspecified atom stereocenters. The lowest BCUT2D eigenvalue weighted by Gasteiger charge is -2.28. The third kappa shape index (κ3) is 3.08. The van der Waals surface area contributed by atoms with Crippen molar-refractivity contribution in [2.24, 2.45) is 0 Å². The smallest absolute Gasteiger partial charge is 0.0453 e. The van der Waals surface area contributed by atoms with Crippen LogP contribution in [0.4, 0.5) is 0 Å². The predicted molar refractivity (Wildman–Crippen MR) is 64.8 cm³/mol. The van der Waals surface area contributed by atoms with Crippen molar-refractivity contribution >= 4 is 23.2 Å². The number of halogens is 2. The topological polar surface area (TPSA) is 24.1 Å². The SMILES string of the molecule is Clc1ccc(CCNC2CNC2)c(Cl)c1. The molecule has 0 amide bonds. The van der Waals surface area contributed by atoms with Crippen LogP contribution < -0.4 is 10.6 Å². The molecule has 1 aromatic carbocycles. The molecule has 2 nitrogen and oxygen atoms in total. The van der Waals surface area contributed by atoms with Gasteiger partial charge in [-0.1, -0.05) is 29.3 Å². The molecule has 0 bridgehead atoms. The van der Waals surface area contributed by atoms with Crippen molar-refractivity contribution in [1.82, 2.24) is 10.6 Å². The van der Waals surface area contributed by atoms with Gasteiger partial charge >= 0.3 is 0 Å². The first-order valence-corrected chi connectivity index (χ1v) is 5.89. The standard InChI is InChI=1S/C11H14Cl2N2/c12-9-2-1-8(11(13)5-9)3-4-15-10-6-14-7-10/h1-2,5,10,14-15H,3-4,6-7H2. The van der Waals surface area contributed by atoms with Crippen molar-refractivity contribution in [2.45, 2.75) is 12.5 Å². The van der Waals surface area contributed by atoms with E-state index >= 15 is 0 Å². The van der Waals surface area contributed by atoms with Crippen LogP contribution in [0.25, 0.3) is 0 Å². The first kappa shape index (κ1) is 11.2. The van der Waals surface area contributed by atoms with Crippen LogP contribution in [0, 0.1) is 0 Å². The average Bonchev–Trinajstić information content (AvgIpc) is 2.12. The highest BCUT2D eigenvalue weighted by molar-refractivity contribution is 6.35. The lowest BCUT2D eigenvalue weighted by molar-refractivity contribution is 0.369. The van der Waals surface area contributed by atoms with Gasteiger partial charge in [-0.2, -0.15) is 0 Å². The quantitative estimate of drug-likeness (QED) is 0.848. The van der Waals surface area contributed by atoms with Crippen LogP contribution in [-0.2, 0) is 6.42 Å². The van der Waals surface area contributed by atoms with E-state index in [4.69, 9.17) is 23.2 Å². The molecule has 0 spiro atoms. The minimum absolute atomic E-state index is 0.635. The highest BCUT2D eigenvalue weighted by Gasteiger charge is 2.14. The molecule has 0 saturated carbocycles. The van der Waals surface area contributed by atoms with Crippen molar-refractivity contribution in [1.29, 1.82) is 0 Å². The van der Waals surface area contributed by atoms with Crippen molar-refractivity contribution in [3.8, 4) is 0 Å². The fourth-order valence-electron chi connectivity index (χ4n) is 1.57. The molecule has 1 aliphatic heterocycles. The first-order valence-electron chi connectivity index (χ1n) is 5.14. The Morgan fingerprint density at radius 2 is 2.13 bits per heavy atom. The molecule has 2 N–H and O–H groups in total. The maximum atomic E-state index is 6.07. The van der Waals surface area contributed by atoms with E-state index < -0.39 is 0 Å². The summed E-state index contributed by atoms with van der Waals surface area (Å²) < 4.78 is 0. The summed E-state index contributed by atoms with van der Waals surface area (Å²) in [6.45, 7) is 3.12. The third-order valence-corrected chi connectivity index (χ3v) is 3.21. The molecule has 15 heavy (non-hydrogen) atoms. The highest BCUT2D eigenvalue weighted by atomic mass is 35.5. The molecule has 82 valence electrons. The summed E-state index contributed by atoms with van der Waals surface area (Å²) in [5.74, 6) is 0. The second kappa shape index (κ2) is 5.17. The molecule has 0 aromatic heterocycles. The number of rotatable bonds is 4. The van der Waals surface area contributed by atoms with Crippen molar-refractivity contribution in [3.05, 3.63) is 33.8 Å². The molecule has 4 heteroatoms. The van der Waals surface area contributed by atoms with Gasteiger partial charge in [-0.05, 0) is 30.7 Å². The van der Waals surface area contributed by atoms with Crippen molar-refractivity contribution in [3.63, 3.8) is 0 Å². The lowest BCUT2D eigenvalue weighted by Crippen LogP contribution is -2.55. The third-order valence-electron chi connectivity index (χ3n) is 2.62. The Morgan fingerprint density at radius 3 is 2.73 bits per heavy atom. The van der Waals surface area contributed by atoms with Gasteiger partial charge in [-0.25, -0.2) is 0 Å². The minimum atomic E-state index is 0.635. The van der Waals surface area contributed by atoms with Gasteiger partial charge in [-0.15, -0.1) is 0 Å². The van der Waals surface area contributed by atoms with Gasteiger partial charge in [0.2, 0.25) is 0 Å². The Kier molecular flexibility index (Phi) is 3.87. The van der Waals surface area contributed by atoms with Crippen molar-refractivity contribution in [2.75, 3.05) is 19.6 Å². The molecule has 1 heterocycles. The Bertz CT molecular complexity index is 337. The number of benzene rings is 1. The van der Waals surface area contributed by atoms with Gasteiger partial charge in [0, 0.05) is 29.2 Å². The van der Waals surface area contributed by atoms with Crippen LogP contribution in [0.2, 0.25) is 10.0 Å². The first-order chi connectivity index (χ1) is 7.25. The summed E-state index contributed by atoms with van der Waals surface area (Å²) in [5, 5.41) is 8.13. The Hall–Kier alpha value is -0.280. The Balaban J connectivity index is 1.81. The van der Waals surface area contributed by atoms with E-state index in [9.17, 15) is 0 Å². The van der Waals surface area contributed by atoms with Gasteiger partial charge in [-0.3, -0.25) is 0 Å². The zero-order valence-electron chi connectivity index (χ0n) is 8.39. The summed E-state index contributed by atoms with van der Waals surface area (Å²) >= 11 is 11.9. The molecular weight excluding hydrogens is 231 g/mol. The summed E-state index contributed by atoms with van der Waals surface area (Å²) in [4.78, 5) is 0. The van der Waals surface area contributed by atoms with E-state index in [1.165, 1.54) is 0 Å².